The number of hydrogen-bond acceptors (Lipinski definition) is 3. The lowest BCUT2D eigenvalue weighted by molar-refractivity contribution is 0.00889. The van der Waals surface area contributed by atoms with Crippen LogP contribution in [0.3, 0.4) is 0 Å². The molecule has 1 aliphatic carbocycles. The van der Waals surface area contributed by atoms with Gasteiger partial charge in [0, 0.05) is 18.6 Å². The summed E-state index contributed by atoms with van der Waals surface area (Å²) < 4.78 is 5.60. The van der Waals surface area contributed by atoms with E-state index in [0.717, 1.165) is 45.2 Å². The molecule has 1 aromatic rings. The van der Waals surface area contributed by atoms with Crippen molar-refractivity contribution in [3.8, 4) is 0 Å². The predicted molar refractivity (Wildman–Crippen MR) is 101 cm³/mol. The zero-order chi connectivity index (χ0) is 17.9. The standard InChI is InChI=1S/C21H32N2O2/c1-21(2,3)25-20(24)23-13-7-6-10-19(23)11-12-22-18-14-16-8-4-5-9-17(16)15-18/h4-5,8-9,18-19,22H,6-7,10-15H2,1-3H3. The molecule has 1 aliphatic heterocycles. The first-order chi connectivity index (χ1) is 11.9. The van der Waals surface area contributed by atoms with E-state index in [1.54, 1.807) is 0 Å². The number of rotatable bonds is 4. The quantitative estimate of drug-likeness (QED) is 0.900. The monoisotopic (exact) mass is 344 g/mol. The largest absolute Gasteiger partial charge is 0.444 e. The third kappa shape index (κ3) is 4.97. The molecule has 2 aliphatic rings. The first kappa shape index (κ1) is 18.2. The maximum Gasteiger partial charge on any atom is 0.410 e. The van der Waals surface area contributed by atoms with Gasteiger partial charge < -0.3 is 15.0 Å². The van der Waals surface area contributed by atoms with E-state index in [2.05, 4.69) is 29.6 Å². The van der Waals surface area contributed by atoms with Crippen LogP contribution in [-0.4, -0.2) is 41.8 Å². The molecule has 3 rings (SSSR count). The second-order valence-electron chi connectivity index (χ2n) is 8.44. The number of benzene rings is 1. The van der Waals surface area contributed by atoms with Gasteiger partial charge in [-0.05, 0) is 77.0 Å². The summed E-state index contributed by atoms with van der Waals surface area (Å²) in [4.78, 5) is 14.4. The number of carbonyl (C=O) groups excluding carboxylic acids is 1. The maximum atomic E-state index is 12.5. The third-order valence-electron chi connectivity index (χ3n) is 5.22. The molecule has 1 amide bonds. The maximum absolute atomic E-state index is 12.5. The fraction of sp³-hybridized carbons (Fsp3) is 0.667. The molecule has 25 heavy (non-hydrogen) atoms. The minimum atomic E-state index is -0.424. The second kappa shape index (κ2) is 7.77. The number of ether oxygens (including phenoxy) is 1. The molecule has 0 saturated carbocycles. The molecule has 0 spiro atoms. The summed E-state index contributed by atoms with van der Waals surface area (Å²) in [6.07, 6.45) is 6.48. The SMILES string of the molecule is CC(C)(C)OC(=O)N1CCCCC1CCNC1Cc2ccccc2C1. The lowest BCUT2D eigenvalue weighted by atomic mass is 9.99. The summed E-state index contributed by atoms with van der Waals surface area (Å²) >= 11 is 0. The molecule has 0 aromatic heterocycles. The van der Waals surface area contributed by atoms with Gasteiger partial charge in [0.15, 0.2) is 0 Å². The highest BCUT2D eigenvalue weighted by Crippen LogP contribution is 2.24. The van der Waals surface area contributed by atoms with Gasteiger partial charge in [0.05, 0.1) is 0 Å². The molecule has 1 saturated heterocycles. The smallest absolute Gasteiger partial charge is 0.410 e. The van der Waals surface area contributed by atoms with Crippen molar-refractivity contribution >= 4 is 6.09 Å². The lowest BCUT2D eigenvalue weighted by Crippen LogP contribution is -2.47. The number of nitrogens with one attached hydrogen (secondary N) is 1. The van der Waals surface area contributed by atoms with Crippen LogP contribution >= 0.6 is 0 Å². The van der Waals surface area contributed by atoms with E-state index in [4.69, 9.17) is 4.74 Å². The molecular formula is C21H32N2O2. The lowest BCUT2D eigenvalue weighted by Gasteiger charge is -2.37. The molecule has 4 heteroatoms. The van der Waals surface area contributed by atoms with Crippen molar-refractivity contribution in [2.75, 3.05) is 13.1 Å². The van der Waals surface area contributed by atoms with E-state index < -0.39 is 5.60 Å². The Hall–Kier alpha value is -1.55. The predicted octanol–water partition coefficient (Wildman–Crippen LogP) is 3.92. The van der Waals surface area contributed by atoms with Crippen molar-refractivity contribution in [1.82, 2.24) is 10.2 Å². The molecule has 1 fully saturated rings. The number of hydrogen-bond donors (Lipinski definition) is 1. The van der Waals surface area contributed by atoms with Gasteiger partial charge in [0.1, 0.15) is 5.60 Å². The molecule has 1 atom stereocenters. The number of likely N-dealkylation sites (tertiary alicyclic amines) is 1. The van der Waals surface area contributed by atoms with Gasteiger partial charge in [-0.25, -0.2) is 4.79 Å². The zero-order valence-electron chi connectivity index (χ0n) is 15.9. The minimum absolute atomic E-state index is 0.148. The van der Waals surface area contributed by atoms with Gasteiger partial charge in [-0.2, -0.15) is 0 Å². The second-order valence-corrected chi connectivity index (χ2v) is 8.44. The Labute approximate surface area is 151 Å². The molecule has 4 nitrogen and oxygen atoms in total. The highest BCUT2D eigenvalue weighted by molar-refractivity contribution is 5.68. The van der Waals surface area contributed by atoms with Crippen LogP contribution in [0.15, 0.2) is 24.3 Å². The number of nitrogens with zero attached hydrogens (tertiary/aromatic N) is 1. The Balaban J connectivity index is 1.47. The fourth-order valence-corrected chi connectivity index (χ4v) is 4.02. The van der Waals surface area contributed by atoms with E-state index in [1.165, 1.54) is 17.5 Å². The van der Waals surface area contributed by atoms with Crippen LogP contribution in [-0.2, 0) is 17.6 Å². The normalized spacial score (nSPS) is 21.2. The number of amides is 1. The summed E-state index contributed by atoms with van der Waals surface area (Å²) in [7, 11) is 0. The fourth-order valence-electron chi connectivity index (χ4n) is 4.02. The average molecular weight is 344 g/mol. The van der Waals surface area contributed by atoms with Gasteiger partial charge in [-0.1, -0.05) is 24.3 Å². The van der Waals surface area contributed by atoms with Crippen LogP contribution < -0.4 is 5.32 Å². The van der Waals surface area contributed by atoms with E-state index in [9.17, 15) is 4.79 Å². The average Bonchev–Trinajstić information content (AvgIpc) is 2.96. The van der Waals surface area contributed by atoms with Crippen LogP contribution in [0, 0.1) is 0 Å². The Bertz CT molecular complexity index is 569. The van der Waals surface area contributed by atoms with Crippen LogP contribution in [0.5, 0.6) is 0 Å². The van der Waals surface area contributed by atoms with Crippen molar-refractivity contribution in [2.24, 2.45) is 0 Å². The molecule has 0 bridgehead atoms. The number of piperidine rings is 1. The summed E-state index contributed by atoms with van der Waals surface area (Å²) in [5.41, 5.74) is 2.54. The molecule has 1 aromatic carbocycles. The van der Waals surface area contributed by atoms with Crippen molar-refractivity contribution in [2.45, 2.75) is 77.0 Å². The first-order valence-corrected chi connectivity index (χ1v) is 9.72. The van der Waals surface area contributed by atoms with E-state index in [1.807, 2.05) is 25.7 Å². The van der Waals surface area contributed by atoms with Crippen molar-refractivity contribution < 1.29 is 9.53 Å². The van der Waals surface area contributed by atoms with Gasteiger partial charge >= 0.3 is 6.09 Å². The molecule has 1 heterocycles. The Morgan fingerprint density at radius 1 is 1.20 bits per heavy atom. The van der Waals surface area contributed by atoms with Crippen molar-refractivity contribution in [3.05, 3.63) is 35.4 Å². The zero-order valence-corrected chi connectivity index (χ0v) is 15.9. The Morgan fingerprint density at radius 3 is 2.52 bits per heavy atom. The van der Waals surface area contributed by atoms with Gasteiger partial charge in [0.2, 0.25) is 0 Å². The molecule has 1 N–H and O–H groups in total. The Kier molecular flexibility index (Phi) is 5.67. The molecular weight excluding hydrogens is 312 g/mol. The van der Waals surface area contributed by atoms with Crippen LogP contribution in [0.4, 0.5) is 4.79 Å². The van der Waals surface area contributed by atoms with Crippen LogP contribution in [0.25, 0.3) is 0 Å². The summed E-state index contributed by atoms with van der Waals surface area (Å²) in [6, 6.07) is 9.57. The number of carbonyl (C=O) groups is 1. The highest BCUT2D eigenvalue weighted by Gasteiger charge is 2.30. The summed E-state index contributed by atoms with van der Waals surface area (Å²) in [6.45, 7) is 7.59. The molecule has 1 unspecified atom stereocenters. The van der Waals surface area contributed by atoms with Gasteiger partial charge in [0.25, 0.3) is 0 Å². The van der Waals surface area contributed by atoms with Crippen LogP contribution in [0.2, 0.25) is 0 Å². The molecule has 138 valence electrons. The highest BCUT2D eigenvalue weighted by atomic mass is 16.6. The van der Waals surface area contributed by atoms with E-state index >= 15 is 0 Å². The van der Waals surface area contributed by atoms with Crippen LogP contribution in [0.1, 0.15) is 57.6 Å². The van der Waals surface area contributed by atoms with Crippen molar-refractivity contribution in [3.63, 3.8) is 0 Å². The minimum Gasteiger partial charge on any atom is -0.444 e. The third-order valence-corrected chi connectivity index (χ3v) is 5.22. The van der Waals surface area contributed by atoms with E-state index in [-0.39, 0.29) is 6.09 Å². The topological polar surface area (TPSA) is 41.6 Å². The summed E-state index contributed by atoms with van der Waals surface area (Å²) in [5.74, 6) is 0. The Morgan fingerprint density at radius 2 is 1.88 bits per heavy atom. The number of fused-ring (bicyclic) bond motifs is 1. The molecule has 0 radical (unpaired) electrons. The van der Waals surface area contributed by atoms with E-state index in [0.29, 0.717) is 12.1 Å². The van der Waals surface area contributed by atoms with Crippen molar-refractivity contribution in [1.29, 1.82) is 0 Å². The first-order valence-electron chi connectivity index (χ1n) is 9.72. The summed E-state index contributed by atoms with van der Waals surface area (Å²) in [5, 5.41) is 3.70. The van der Waals surface area contributed by atoms with Gasteiger partial charge in [-0.15, -0.1) is 0 Å². The van der Waals surface area contributed by atoms with Gasteiger partial charge in [-0.3, -0.25) is 0 Å².